The zero-order valence-corrected chi connectivity index (χ0v) is 13.2. The zero-order chi connectivity index (χ0) is 15.4. The Morgan fingerprint density at radius 1 is 1.19 bits per heavy atom. The van der Waals surface area contributed by atoms with Gasteiger partial charge in [0.05, 0.1) is 5.92 Å². The van der Waals surface area contributed by atoms with Crippen LogP contribution in [0.5, 0.6) is 0 Å². The van der Waals surface area contributed by atoms with Gasteiger partial charge in [0.1, 0.15) is 0 Å². The minimum absolute atomic E-state index is 0.0928. The number of rotatable bonds is 4. The summed E-state index contributed by atoms with van der Waals surface area (Å²) in [4.78, 5) is 24.6. The minimum atomic E-state index is -0.794. The second-order valence-electron chi connectivity index (χ2n) is 6.98. The van der Waals surface area contributed by atoms with Crippen LogP contribution < -0.4 is 5.32 Å². The standard InChI is InChI=1S/C16H28N2O3/c1-11(2)13-5-3-12(4-6-13)9-17-16(21)18-8-7-14(10-18)15(19)20/h11-14H,3-10H2,1-2H3,(H,17,21)(H,19,20). The molecule has 1 heterocycles. The van der Waals surface area contributed by atoms with Gasteiger partial charge in [-0.25, -0.2) is 4.79 Å². The van der Waals surface area contributed by atoms with E-state index in [0.717, 1.165) is 18.4 Å². The lowest BCUT2D eigenvalue weighted by Gasteiger charge is -2.31. The Bertz CT molecular complexity index is 376. The van der Waals surface area contributed by atoms with Crippen LogP contribution in [-0.2, 0) is 4.79 Å². The van der Waals surface area contributed by atoms with Crippen molar-refractivity contribution in [2.45, 2.75) is 46.0 Å². The van der Waals surface area contributed by atoms with Gasteiger partial charge in [-0.2, -0.15) is 0 Å². The van der Waals surface area contributed by atoms with Gasteiger partial charge >= 0.3 is 12.0 Å². The summed E-state index contributed by atoms with van der Waals surface area (Å²) < 4.78 is 0. The van der Waals surface area contributed by atoms with E-state index in [4.69, 9.17) is 5.11 Å². The number of amides is 2. The largest absolute Gasteiger partial charge is 0.481 e. The monoisotopic (exact) mass is 296 g/mol. The molecule has 120 valence electrons. The Kier molecular flexibility index (Phi) is 5.48. The lowest BCUT2D eigenvalue weighted by atomic mass is 9.77. The van der Waals surface area contributed by atoms with Crippen molar-refractivity contribution in [2.75, 3.05) is 19.6 Å². The number of nitrogens with zero attached hydrogens (tertiary/aromatic N) is 1. The molecule has 2 rings (SSSR count). The quantitative estimate of drug-likeness (QED) is 0.837. The maximum atomic E-state index is 12.1. The van der Waals surface area contributed by atoms with Crippen LogP contribution in [0.25, 0.3) is 0 Å². The highest BCUT2D eigenvalue weighted by Crippen LogP contribution is 2.32. The number of carbonyl (C=O) groups is 2. The van der Waals surface area contributed by atoms with E-state index in [1.165, 1.54) is 25.7 Å². The van der Waals surface area contributed by atoms with Gasteiger partial charge in [0, 0.05) is 19.6 Å². The highest BCUT2D eigenvalue weighted by molar-refractivity contribution is 5.77. The first-order chi connectivity index (χ1) is 9.97. The number of carboxylic acid groups (broad SMARTS) is 1. The fourth-order valence-corrected chi connectivity index (χ4v) is 3.55. The Balaban J connectivity index is 1.67. The molecule has 1 saturated carbocycles. The molecule has 21 heavy (non-hydrogen) atoms. The molecule has 0 radical (unpaired) electrons. The van der Waals surface area contributed by atoms with Crippen molar-refractivity contribution in [1.29, 1.82) is 0 Å². The molecule has 2 amide bonds. The number of hydrogen-bond acceptors (Lipinski definition) is 2. The zero-order valence-electron chi connectivity index (χ0n) is 13.2. The second kappa shape index (κ2) is 7.14. The number of nitrogens with one attached hydrogen (secondary N) is 1. The first-order valence-corrected chi connectivity index (χ1v) is 8.23. The van der Waals surface area contributed by atoms with Gasteiger partial charge in [0.25, 0.3) is 0 Å². The minimum Gasteiger partial charge on any atom is -0.481 e. The first-order valence-electron chi connectivity index (χ1n) is 8.23. The van der Waals surface area contributed by atoms with E-state index in [0.29, 0.717) is 25.4 Å². The Labute approximate surface area is 127 Å². The number of carbonyl (C=O) groups excluding carboxylic acids is 1. The van der Waals surface area contributed by atoms with Gasteiger partial charge in [-0.1, -0.05) is 13.8 Å². The molecule has 1 atom stereocenters. The van der Waals surface area contributed by atoms with Crippen LogP contribution in [0, 0.1) is 23.7 Å². The molecule has 5 heteroatoms. The van der Waals surface area contributed by atoms with Gasteiger partial charge in [0.2, 0.25) is 0 Å². The van der Waals surface area contributed by atoms with Crippen molar-refractivity contribution in [3.05, 3.63) is 0 Å². The predicted octanol–water partition coefficient (Wildman–Crippen LogP) is 2.56. The van der Waals surface area contributed by atoms with Gasteiger partial charge < -0.3 is 15.3 Å². The average Bonchev–Trinajstić information content (AvgIpc) is 2.95. The number of urea groups is 1. The third kappa shape index (κ3) is 4.35. The lowest BCUT2D eigenvalue weighted by molar-refractivity contribution is -0.141. The van der Waals surface area contributed by atoms with Crippen molar-refractivity contribution in [3.63, 3.8) is 0 Å². The predicted molar refractivity (Wildman–Crippen MR) is 81.0 cm³/mol. The summed E-state index contributed by atoms with van der Waals surface area (Å²) in [5.41, 5.74) is 0. The number of aliphatic carboxylic acids is 1. The van der Waals surface area contributed by atoms with Crippen LogP contribution in [0.15, 0.2) is 0 Å². The highest BCUT2D eigenvalue weighted by atomic mass is 16.4. The van der Waals surface area contributed by atoms with Crippen molar-refractivity contribution in [3.8, 4) is 0 Å². The van der Waals surface area contributed by atoms with Gasteiger partial charge in [-0.15, -0.1) is 0 Å². The molecule has 2 aliphatic rings. The molecular weight excluding hydrogens is 268 g/mol. The summed E-state index contributed by atoms with van der Waals surface area (Å²) in [6.07, 6.45) is 5.50. The number of hydrogen-bond donors (Lipinski definition) is 2. The van der Waals surface area contributed by atoms with Crippen LogP contribution in [-0.4, -0.2) is 41.6 Å². The van der Waals surface area contributed by atoms with Crippen LogP contribution in [0.4, 0.5) is 4.79 Å². The van der Waals surface area contributed by atoms with E-state index >= 15 is 0 Å². The highest BCUT2D eigenvalue weighted by Gasteiger charge is 2.31. The Morgan fingerprint density at radius 2 is 1.86 bits per heavy atom. The van der Waals surface area contributed by atoms with Crippen LogP contribution in [0.1, 0.15) is 46.0 Å². The van der Waals surface area contributed by atoms with E-state index in [2.05, 4.69) is 19.2 Å². The third-order valence-electron chi connectivity index (χ3n) is 5.20. The van der Waals surface area contributed by atoms with Gasteiger partial charge in [-0.3, -0.25) is 4.79 Å². The maximum absolute atomic E-state index is 12.1. The molecule has 2 N–H and O–H groups in total. The molecule has 0 spiro atoms. The van der Waals surface area contributed by atoms with E-state index in [1.54, 1.807) is 4.90 Å². The normalized spacial score (nSPS) is 29.7. The summed E-state index contributed by atoms with van der Waals surface area (Å²) in [6, 6.07) is -0.0928. The van der Waals surface area contributed by atoms with E-state index in [-0.39, 0.29) is 6.03 Å². The third-order valence-corrected chi connectivity index (χ3v) is 5.20. The number of likely N-dealkylation sites (tertiary alicyclic amines) is 1. The summed E-state index contributed by atoms with van der Waals surface area (Å²) in [7, 11) is 0. The molecule has 0 aromatic rings. The molecule has 5 nitrogen and oxygen atoms in total. The summed E-state index contributed by atoms with van der Waals surface area (Å²) in [6.45, 7) is 6.22. The van der Waals surface area contributed by atoms with E-state index < -0.39 is 11.9 Å². The second-order valence-corrected chi connectivity index (χ2v) is 6.98. The first kappa shape index (κ1) is 16.1. The molecule has 1 saturated heterocycles. The molecule has 0 bridgehead atoms. The van der Waals surface area contributed by atoms with E-state index in [9.17, 15) is 9.59 Å². The average molecular weight is 296 g/mol. The molecule has 1 unspecified atom stereocenters. The summed E-state index contributed by atoms with van der Waals surface area (Å²) in [5.74, 6) is 1.00. The van der Waals surface area contributed by atoms with E-state index in [1.807, 2.05) is 0 Å². The van der Waals surface area contributed by atoms with Crippen molar-refractivity contribution in [1.82, 2.24) is 10.2 Å². The summed E-state index contributed by atoms with van der Waals surface area (Å²) >= 11 is 0. The van der Waals surface area contributed by atoms with Crippen LogP contribution in [0.2, 0.25) is 0 Å². The fourth-order valence-electron chi connectivity index (χ4n) is 3.55. The van der Waals surface area contributed by atoms with Crippen LogP contribution >= 0.6 is 0 Å². The van der Waals surface area contributed by atoms with Gasteiger partial charge in [-0.05, 0) is 49.9 Å². The van der Waals surface area contributed by atoms with Crippen LogP contribution in [0.3, 0.4) is 0 Å². The van der Waals surface area contributed by atoms with Crippen molar-refractivity contribution >= 4 is 12.0 Å². The van der Waals surface area contributed by atoms with Crippen molar-refractivity contribution in [2.24, 2.45) is 23.7 Å². The topological polar surface area (TPSA) is 69.6 Å². The summed E-state index contributed by atoms with van der Waals surface area (Å²) in [5, 5.41) is 11.9. The molecule has 1 aliphatic heterocycles. The van der Waals surface area contributed by atoms with Crippen molar-refractivity contribution < 1.29 is 14.7 Å². The maximum Gasteiger partial charge on any atom is 0.317 e. The Hall–Kier alpha value is -1.26. The number of carboxylic acids is 1. The molecule has 2 fully saturated rings. The molecular formula is C16H28N2O3. The molecule has 0 aromatic heterocycles. The SMILES string of the molecule is CC(C)C1CCC(CNC(=O)N2CCC(C(=O)O)C2)CC1. The van der Waals surface area contributed by atoms with Gasteiger partial charge in [0.15, 0.2) is 0 Å². The Morgan fingerprint density at radius 3 is 2.38 bits per heavy atom. The molecule has 1 aliphatic carbocycles. The smallest absolute Gasteiger partial charge is 0.317 e. The lowest BCUT2D eigenvalue weighted by Crippen LogP contribution is -2.41. The molecule has 0 aromatic carbocycles. The fraction of sp³-hybridized carbons (Fsp3) is 0.875.